The van der Waals surface area contributed by atoms with E-state index in [1.165, 1.54) is 4.88 Å². The number of amides is 1. The van der Waals surface area contributed by atoms with Crippen molar-refractivity contribution in [3.8, 4) is 0 Å². The van der Waals surface area contributed by atoms with Gasteiger partial charge in [-0.15, -0.1) is 11.3 Å². The first-order valence-corrected chi connectivity index (χ1v) is 9.86. The first kappa shape index (κ1) is 17.1. The van der Waals surface area contributed by atoms with E-state index >= 15 is 0 Å². The summed E-state index contributed by atoms with van der Waals surface area (Å²) in [5.41, 5.74) is 2.91. The lowest BCUT2D eigenvalue weighted by Gasteiger charge is -2.11. The molecule has 0 aliphatic heterocycles. The molecular formula is C20H17BrN2O2S. The number of thiophene rings is 1. The zero-order valence-electron chi connectivity index (χ0n) is 14.2. The summed E-state index contributed by atoms with van der Waals surface area (Å²) in [5.74, 6) is 0.640. The van der Waals surface area contributed by atoms with Crippen molar-refractivity contribution in [3.63, 3.8) is 0 Å². The van der Waals surface area contributed by atoms with Crippen molar-refractivity contribution in [1.29, 1.82) is 0 Å². The van der Waals surface area contributed by atoms with Gasteiger partial charge in [0, 0.05) is 15.9 Å². The van der Waals surface area contributed by atoms with Crippen molar-refractivity contribution >= 4 is 43.4 Å². The van der Waals surface area contributed by atoms with Crippen molar-refractivity contribution in [2.45, 2.75) is 20.0 Å². The summed E-state index contributed by atoms with van der Waals surface area (Å²) < 4.78 is 9.55. The van der Waals surface area contributed by atoms with Gasteiger partial charge in [-0.05, 0) is 48.9 Å². The van der Waals surface area contributed by atoms with Crippen LogP contribution in [0.5, 0.6) is 0 Å². The lowest BCUT2D eigenvalue weighted by molar-refractivity contribution is 0.0939. The Balaban J connectivity index is 1.65. The number of aryl methyl sites for hydroxylation is 1. The van der Waals surface area contributed by atoms with E-state index < -0.39 is 0 Å². The minimum absolute atomic E-state index is 0.0976. The Bertz CT molecular complexity index is 1050. The monoisotopic (exact) mass is 428 g/mol. The second-order valence-corrected chi connectivity index (χ2v) is 8.31. The molecule has 1 amide bonds. The van der Waals surface area contributed by atoms with Crippen LogP contribution in [0.15, 0.2) is 63.7 Å². The van der Waals surface area contributed by atoms with Crippen molar-refractivity contribution in [3.05, 3.63) is 81.2 Å². The highest BCUT2D eigenvalue weighted by atomic mass is 79.9. The normalized spacial score (nSPS) is 11.2. The third-order valence-corrected chi connectivity index (χ3v) is 5.72. The predicted molar refractivity (Wildman–Crippen MR) is 108 cm³/mol. The number of nitrogens with one attached hydrogen (secondary N) is 1. The second kappa shape index (κ2) is 7.13. The van der Waals surface area contributed by atoms with Gasteiger partial charge in [0.05, 0.1) is 23.0 Å². The molecule has 0 saturated carbocycles. The van der Waals surface area contributed by atoms with Gasteiger partial charge in [-0.25, -0.2) is 0 Å². The van der Waals surface area contributed by atoms with Crippen LogP contribution in [0.4, 0.5) is 0 Å². The molecule has 0 bridgehead atoms. The Kier molecular flexibility index (Phi) is 4.70. The number of rotatable bonds is 5. The fourth-order valence-corrected chi connectivity index (χ4v) is 4.19. The number of hydrogen-bond donors (Lipinski definition) is 1. The fourth-order valence-electron chi connectivity index (χ4n) is 2.97. The average molecular weight is 429 g/mol. The lowest BCUT2D eigenvalue weighted by Crippen LogP contribution is -2.25. The molecule has 0 spiro atoms. The van der Waals surface area contributed by atoms with Gasteiger partial charge >= 0.3 is 0 Å². The van der Waals surface area contributed by atoms with Crippen LogP contribution in [-0.4, -0.2) is 10.5 Å². The standard InChI is InChI=1S/C20H17BrN2O2S/c1-13-9-17-19(26-13)10-18(20(24)22-11-16-3-2-8-25-16)23(17)12-14-4-6-15(21)7-5-14/h2-10H,11-12H2,1H3,(H,22,24). The highest BCUT2D eigenvalue weighted by Gasteiger charge is 2.17. The van der Waals surface area contributed by atoms with Crippen LogP contribution in [0.3, 0.4) is 0 Å². The molecule has 4 aromatic rings. The number of aromatic nitrogens is 1. The Labute approximate surface area is 163 Å². The van der Waals surface area contributed by atoms with Crippen LogP contribution in [-0.2, 0) is 13.1 Å². The third-order valence-electron chi connectivity index (χ3n) is 4.20. The lowest BCUT2D eigenvalue weighted by atomic mass is 10.2. The van der Waals surface area contributed by atoms with Crippen LogP contribution in [0, 0.1) is 6.92 Å². The molecule has 0 atom stereocenters. The molecule has 4 rings (SSSR count). The first-order valence-electron chi connectivity index (χ1n) is 8.25. The van der Waals surface area contributed by atoms with Gasteiger partial charge in [0.2, 0.25) is 0 Å². The molecule has 3 aromatic heterocycles. The highest BCUT2D eigenvalue weighted by Crippen LogP contribution is 2.29. The van der Waals surface area contributed by atoms with Crippen molar-refractivity contribution < 1.29 is 9.21 Å². The largest absolute Gasteiger partial charge is 0.467 e. The minimum atomic E-state index is -0.0976. The average Bonchev–Trinajstić information content (AvgIpc) is 3.32. The molecule has 0 aliphatic rings. The van der Waals surface area contributed by atoms with Crippen LogP contribution < -0.4 is 5.32 Å². The zero-order valence-corrected chi connectivity index (χ0v) is 16.6. The molecule has 0 radical (unpaired) electrons. The molecule has 0 unspecified atom stereocenters. The van der Waals surface area contributed by atoms with Gasteiger partial charge in [-0.3, -0.25) is 4.79 Å². The van der Waals surface area contributed by atoms with Gasteiger partial charge in [0.15, 0.2) is 0 Å². The van der Waals surface area contributed by atoms with E-state index in [1.54, 1.807) is 17.6 Å². The van der Waals surface area contributed by atoms with Crippen molar-refractivity contribution in [1.82, 2.24) is 9.88 Å². The van der Waals surface area contributed by atoms with Gasteiger partial charge in [0.25, 0.3) is 5.91 Å². The SMILES string of the molecule is Cc1cc2c(cc(C(=O)NCc3ccco3)n2Cc2ccc(Br)cc2)s1. The summed E-state index contributed by atoms with van der Waals surface area (Å²) in [6, 6.07) is 16.0. The Morgan fingerprint density at radius 3 is 2.77 bits per heavy atom. The smallest absolute Gasteiger partial charge is 0.268 e. The van der Waals surface area contributed by atoms with Gasteiger partial charge in [-0.1, -0.05) is 28.1 Å². The number of carbonyl (C=O) groups excluding carboxylic acids is 1. The fraction of sp³-hybridized carbons (Fsp3) is 0.150. The second-order valence-electron chi connectivity index (χ2n) is 6.11. The van der Waals surface area contributed by atoms with Crippen LogP contribution in [0.1, 0.15) is 26.7 Å². The summed E-state index contributed by atoms with van der Waals surface area (Å²) in [6.45, 7) is 3.11. The van der Waals surface area contributed by atoms with Gasteiger partial charge in [-0.2, -0.15) is 0 Å². The first-order chi connectivity index (χ1) is 12.6. The maximum absolute atomic E-state index is 12.8. The maximum Gasteiger partial charge on any atom is 0.268 e. The molecule has 0 saturated heterocycles. The van der Waals surface area contributed by atoms with Crippen LogP contribution in [0.25, 0.3) is 10.2 Å². The highest BCUT2D eigenvalue weighted by molar-refractivity contribution is 9.10. The number of halogens is 1. The van der Waals surface area contributed by atoms with Crippen LogP contribution in [0.2, 0.25) is 0 Å². The molecule has 3 heterocycles. The van der Waals surface area contributed by atoms with E-state index in [1.807, 2.05) is 30.3 Å². The number of fused-ring (bicyclic) bond motifs is 1. The summed E-state index contributed by atoms with van der Waals surface area (Å²) in [4.78, 5) is 14.0. The van der Waals surface area contributed by atoms with Gasteiger partial charge < -0.3 is 14.3 Å². The molecular weight excluding hydrogens is 412 g/mol. The Hall–Kier alpha value is -2.31. The van der Waals surface area contributed by atoms with Crippen molar-refractivity contribution in [2.75, 3.05) is 0 Å². The van der Waals surface area contributed by atoms with Crippen molar-refractivity contribution in [2.24, 2.45) is 0 Å². The third kappa shape index (κ3) is 3.48. The minimum Gasteiger partial charge on any atom is -0.467 e. The molecule has 0 aliphatic carbocycles. The molecule has 0 fully saturated rings. The number of hydrogen-bond acceptors (Lipinski definition) is 3. The summed E-state index contributed by atoms with van der Waals surface area (Å²) in [7, 11) is 0. The Morgan fingerprint density at radius 2 is 2.04 bits per heavy atom. The van der Waals surface area contributed by atoms with E-state index in [0.717, 1.165) is 26.0 Å². The van der Waals surface area contributed by atoms with E-state index in [0.29, 0.717) is 18.8 Å². The number of benzene rings is 1. The maximum atomic E-state index is 12.8. The van der Waals surface area contributed by atoms with Gasteiger partial charge in [0.1, 0.15) is 11.5 Å². The van der Waals surface area contributed by atoms with E-state index in [4.69, 9.17) is 4.42 Å². The van der Waals surface area contributed by atoms with Crippen LogP contribution >= 0.6 is 27.3 Å². The molecule has 1 N–H and O–H groups in total. The molecule has 26 heavy (non-hydrogen) atoms. The predicted octanol–water partition coefficient (Wildman–Crippen LogP) is 5.35. The number of nitrogens with zero attached hydrogens (tertiary/aromatic N) is 1. The summed E-state index contributed by atoms with van der Waals surface area (Å²) in [6.07, 6.45) is 1.61. The molecule has 6 heteroatoms. The number of furan rings is 1. The molecule has 132 valence electrons. The summed E-state index contributed by atoms with van der Waals surface area (Å²) >= 11 is 5.17. The summed E-state index contributed by atoms with van der Waals surface area (Å²) in [5, 5.41) is 2.95. The van der Waals surface area contributed by atoms with E-state index in [9.17, 15) is 4.79 Å². The molecule has 4 nitrogen and oxygen atoms in total. The molecule has 1 aromatic carbocycles. The topological polar surface area (TPSA) is 47.2 Å². The Morgan fingerprint density at radius 1 is 1.23 bits per heavy atom. The number of carbonyl (C=O) groups is 1. The zero-order chi connectivity index (χ0) is 18.1. The quantitative estimate of drug-likeness (QED) is 0.465. The van der Waals surface area contributed by atoms with E-state index in [2.05, 4.69) is 50.9 Å². The van der Waals surface area contributed by atoms with E-state index in [-0.39, 0.29) is 5.91 Å².